The lowest BCUT2D eigenvalue weighted by molar-refractivity contribution is -0.136. The highest BCUT2D eigenvalue weighted by Crippen LogP contribution is 2.49. The van der Waals surface area contributed by atoms with Crippen molar-refractivity contribution in [2.24, 2.45) is 0 Å². The summed E-state index contributed by atoms with van der Waals surface area (Å²) in [5, 5.41) is 8.63. The second-order valence-electron chi connectivity index (χ2n) is 5.44. The first-order chi connectivity index (χ1) is 8.81. The Kier molecular flexibility index (Phi) is 3.67. The number of hydrogen-bond donors (Lipinski definition) is 1. The molecule has 0 radical (unpaired) electrons. The van der Waals surface area contributed by atoms with Crippen LogP contribution in [-0.2, 0) is 26.5 Å². The first kappa shape index (κ1) is 14.1. The fourth-order valence-corrected chi connectivity index (χ4v) is 3.90. The van der Waals surface area contributed by atoms with Crippen LogP contribution >= 0.6 is 0 Å². The summed E-state index contributed by atoms with van der Waals surface area (Å²) in [4.78, 5) is 10.5. The van der Waals surface area contributed by atoms with E-state index < -0.39 is 15.8 Å². The molecule has 0 heterocycles. The minimum absolute atomic E-state index is 0.119. The van der Waals surface area contributed by atoms with Crippen molar-refractivity contribution < 1.29 is 18.3 Å². The number of carboxylic acids is 1. The summed E-state index contributed by atoms with van der Waals surface area (Å²) >= 11 is 0. The second-order valence-corrected chi connectivity index (χ2v) is 7.58. The summed E-state index contributed by atoms with van der Waals surface area (Å²) in [5.74, 6) is -0.603. The molecular formula is C14H18O4S. The van der Waals surface area contributed by atoms with Gasteiger partial charge in [0.2, 0.25) is 0 Å². The van der Waals surface area contributed by atoms with Gasteiger partial charge in [0.05, 0.1) is 5.75 Å². The molecule has 0 atom stereocenters. The fourth-order valence-electron chi connectivity index (χ4n) is 2.45. The number of carbonyl (C=O) groups is 1. The van der Waals surface area contributed by atoms with Crippen LogP contribution in [0, 0.1) is 0 Å². The van der Waals surface area contributed by atoms with Crippen LogP contribution in [0.2, 0.25) is 0 Å². The quantitative estimate of drug-likeness (QED) is 0.863. The molecule has 1 aliphatic rings. The minimum Gasteiger partial charge on any atom is -0.481 e. The summed E-state index contributed by atoms with van der Waals surface area (Å²) in [6.07, 6.45) is 3.72. The summed E-state index contributed by atoms with van der Waals surface area (Å²) in [6.45, 7) is 0. The van der Waals surface area contributed by atoms with Crippen LogP contribution < -0.4 is 0 Å². The van der Waals surface area contributed by atoms with Crippen LogP contribution in [0.25, 0.3) is 0 Å². The van der Waals surface area contributed by atoms with Crippen molar-refractivity contribution >= 4 is 15.8 Å². The maximum atomic E-state index is 11.4. The molecule has 0 amide bonds. The van der Waals surface area contributed by atoms with E-state index in [1.807, 2.05) is 24.3 Å². The Hall–Kier alpha value is -1.36. The largest absolute Gasteiger partial charge is 0.481 e. The van der Waals surface area contributed by atoms with Crippen molar-refractivity contribution in [2.45, 2.75) is 31.1 Å². The number of benzene rings is 1. The van der Waals surface area contributed by atoms with E-state index in [9.17, 15) is 13.2 Å². The zero-order valence-corrected chi connectivity index (χ0v) is 11.7. The molecule has 0 spiro atoms. The van der Waals surface area contributed by atoms with Crippen molar-refractivity contribution in [1.82, 2.24) is 0 Å². The molecule has 0 aliphatic heterocycles. The highest BCUT2D eigenvalue weighted by Gasteiger charge is 2.46. The van der Waals surface area contributed by atoms with Gasteiger partial charge in [0.15, 0.2) is 0 Å². The molecule has 4 nitrogen and oxygen atoms in total. The molecule has 1 saturated carbocycles. The van der Waals surface area contributed by atoms with Crippen molar-refractivity contribution in [3.05, 3.63) is 35.4 Å². The van der Waals surface area contributed by atoms with E-state index in [1.54, 1.807) is 0 Å². The van der Waals surface area contributed by atoms with Gasteiger partial charge in [-0.1, -0.05) is 24.3 Å². The van der Waals surface area contributed by atoms with Gasteiger partial charge in [0.25, 0.3) is 0 Å². The van der Waals surface area contributed by atoms with Gasteiger partial charge in [0.1, 0.15) is 9.84 Å². The molecule has 2 rings (SSSR count). The van der Waals surface area contributed by atoms with Gasteiger partial charge < -0.3 is 5.11 Å². The third-order valence-corrected chi connectivity index (χ3v) is 4.66. The third-order valence-electron chi connectivity index (χ3n) is 3.59. The van der Waals surface area contributed by atoms with E-state index in [0.717, 1.165) is 24.0 Å². The summed E-state index contributed by atoms with van der Waals surface area (Å²) in [7, 11) is -2.98. The first-order valence-electron chi connectivity index (χ1n) is 6.30. The lowest BCUT2D eigenvalue weighted by atomic mass is 9.96. The number of rotatable bonds is 6. The fraction of sp³-hybridized carbons (Fsp3) is 0.500. The number of sulfone groups is 1. The van der Waals surface area contributed by atoms with Gasteiger partial charge in [-0.15, -0.1) is 0 Å². The SMILES string of the molecule is CS(=O)(=O)CC1(c2ccc(CCC(=O)O)cc2)CC1. The molecule has 1 fully saturated rings. The van der Waals surface area contributed by atoms with Crippen molar-refractivity contribution in [3.63, 3.8) is 0 Å². The summed E-state index contributed by atoms with van der Waals surface area (Å²) < 4.78 is 22.9. The molecule has 1 aromatic carbocycles. The Labute approximate surface area is 113 Å². The predicted octanol–water partition coefficient (Wildman–Crippen LogP) is 1.78. The molecule has 0 bridgehead atoms. The van der Waals surface area contributed by atoms with Crippen molar-refractivity contribution in [1.29, 1.82) is 0 Å². The molecule has 1 N–H and O–H groups in total. The second kappa shape index (κ2) is 4.96. The first-order valence-corrected chi connectivity index (χ1v) is 8.36. The molecule has 0 unspecified atom stereocenters. The van der Waals surface area contributed by atoms with Crippen molar-refractivity contribution in [3.8, 4) is 0 Å². The van der Waals surface area contributed by atoms with Crippen LogP contribution in [-0.4, -0.2) is 31.5 Å². The molecule has 19 heavy (non-hydrogen) atoms. The monoisotopic (exact) mass is 282 g/mol. The van der Waals surface area contributed by atoms with Crippen LogP contribution in [0.15, 0.2) is 24.3 Å². The van der Waals surface area contributed by atoms with Crippen LogP contribution in [0.5, 0.6) is 0 Å². The topological polar surface area (TPSA) is 71.4 Å². The maximum Gasteiger partial charge on any atom is 0.303 e. The average molecular weight is 282 g/mol. The Morgan fingerprint density at radius 2 is 1.84 bits per heavy atom. The molecule has 1 aliphatic carbocycles. The van der Waals surface area contributed by atoms with Gasteiger partial charge >= 0.3 is 5.97 Å². The number of hydrogen-bond acceptors (Lipinski definition) is 3. The number of aliphatic carboxylic acids is 1. The predicted molar refractivity (Wildman–Crippen MR) is 73.0 cm³/mol. The van der Waals surface area contributed by atoms with E-state index in [0.29, 0.717) is 6.42 Å². The molecule has 104 valence electrons. The zero-order chi connectivity index (χ0) is 14.1. The Bertz CT molecular complexity index is 568. The number of aryl methyl sites for hydroxylation is 1. The van der Waals surface area contributed by atoms with Crippen molar-refractivity contribution in [2.75, 3.05) is 12.0 Å². The third kappa shape index (κ3) is 3.80. The maximum absolute atomic E-state index is 11.4. The van der Waals surface area contributed by atoms with E-state index in [4.69, 9.17) is 5.11 Å². The summed E-state index contributed by atoms with van der Waals surface area (Å²) in [5.41, 5.74) is 1.83. The lowest BCUT2D eigenvalue weighted by Crippen LogP contribution is -2.19. The van der Waals surface area contributed by atoms with Crippen LogP contribution in [0.4, 0.5) is 0 Å². The van der Waals surface area contributed by atoms with E-state index >= 15 is 0 Å². The van der Waals surface area contributed by atoms with Gasteiger partial charge in [-0.05, 0) is 30.4 Å². The van der Waals surface area contributed by atoms with E-state index in [2.05, 4.69) is 0 Å². The molecular weight excluding hydrogens is 264 g/mol. The van der Waals surface area contributed by atoms with Gasteiger partial charge in [0, 0.05) is 18.1 Å². The van der Waals surface area contributed by atoms with Gasteiger partial charge in [-0.3, -0.25) is 4.79 Å². The molecule has 5 heteroatoms. The molecule has 0 aromatic heterocycles. The highest BCUT2D eigenvalue weighted by atomic mass is 32.2. The minimum atomic E-state index is -2.98. The smallest absolute Gasteiger partial charge is 0.303 e. The Morgan fingerprint density at radius 3 is 2.26 bits per heavy atom. The normalized spacial score (nSPS) is 17.1. The summed E-state index contributed by atoms with van der Waals surface area (Å²) in [6, 6.07) is 7.69. The van der Waals surface area contributed by atoms with E-state index in [-0.39, 0.29) is 17.6 Å². The Balaban J connectivity index is 2.08. The van der Waals surface area contributed by atoms with E-state index in [1.165, 1.54) is 6.26 Å². The standard InChI is InChI=1S/C14H18O4S/c1-19(17,18)10-14(8-9-14)12-5-2-11(3-6-12)4-7-13(15)16/h2-3,5-6H,4,7-10H2,1H3,(H,15,16). The number of carboxylic acid groups (broad SMARTS) is 1. The lowest BCUT2D eigenvalue weighted by Gasteiger charge is -2.14. The average Bonchev–Trinajstić information content (AvgIpc) is 3.05. The molecule has 0 saturated heterocycles. The van der Waals surface area contributed by atoms with Crippen LogP contribution in [0.1, 0.15) is 30.4 Å². The zero-order valence-electron chi connectivity index (χ0n) is 10.9. The Morgan fingerprint density at radius 1 is 1.26 bits per heavy atom. The van der Waals surface area contributed by atoms with Crippen LogP contribution in [0.3, 0.4) is 0 Å². The van der Waals surface area contributed by atoms with Gasteiger partial charge in [-0.25, -0.2) is 8.42 Å². The highest BCUT2D eigenvalue weighted by molar-refractivity contribution is 7.90. The molecule has 1 aromatic rings. The van der Waals surface area contributed by atoms with Gasteiger partial charge in [-0.2, -0.15) is 0 Å².